The van der Waals surface area contributed by atoms with Gasteiger partial charge in [0.1, 0.15) is 5.82 Å². The van der Waals surface area contributed by atoms with Crippen LogP contribution in [0.3, 0.4) is 0 Å². The molecule has 0 fully saturated rings. The van der Waals surface area contributed by atoms with Gasteiger partial charge in [-0.3, -0.25) is 0 Å². The van der Waals surface area contributed by atoms with Crippen molar-refractivity contribution in [2.75, 3.05) is 6.54 Å². The van der Waals surface area contributed by atoms with Crippen molar-refractivity contribution in [3.63, 3.8) is 0 Å². The van der Waals surface area contributed by atoms with E-state index in [1.54, 1.807) is 6.07 Å². The summed E-state index contributed by atoms with van der Waals surface area (Å²) in [5.74, 6) is -0.183. The molecule has 1 atom stereocenters. The van der Waals surface area contributed by atoms with Crippen molar-refractivity contribution in [3.05, 3.63) is 34.1 Å². The van der Waals surface area contributed by atoms with Gasteiger partial charge >= 0.3 is 0 Å². The Labute approximate surface area is 118 Å². The molecule has 0 spiro atoms. The highest BCUT2D eigenvalue weighted by molar-refractivity contribution is 9.10. The van der Waals surface area contributed by atoms with Crippen LogP contribution in [0.25, 0.3) is 0 Å². The molecule has 0 bridgehead atoms. The average Bonchev–Trinajstić information content (AvgIpc) is 2.34. The zero-order valence-corrected chi connectivity index (χ0v) is 13.3. The van der Waals surface area contributed by atoms with Crippen LogP contribution in [0.2, 0.25) is 0 Å². The molecule has 0 radical (unpaired) electrons. The molecule has 1 aromatic rings. The molecular formula is C15H23BrFN. The van der Waals surface area contributed by atoms with E-state index in [-0.39, 0.29) is 11.2 Å². The normalized spacial score (nSPS) is 13.7. The molecule has 0 aliphatic carbocycles. The van der Waals surface area contributed by atoms with Crippen molar-refractivity contribution < 1.29 is 4.39 Å². The van der Waals surface area contributed by atoms with Gasteiger partial charge in [0.2, 0.25) is 0 Å². The van der Waals surface area contributed by atoms with Crippen LogP contribution in [-0.2, 0) is 6.42 Å². The SMILES string of the molecule is CCNC(Cc1cccc(F)c1Br)C(C)(C)CC. The number of hydrogen-bond acceptors (Lipinski definition) is 1. The first-order valence-electron chi connectivity index (χ1n) is 6.58. The predicted molar refractivity (Wildman–Crippen MR) is 79.3 cm³/mol. The standard InChI is InChI=1S/C15H23BrFN/c1-5-15(3,4)13(18-6-2)10-11-8-7-9-12(17)14(11)16/h7-9,13,18H,5-6,10H2,1-4H3. The van der Waals surface area contributed by atoms with Crippen LogP contribution < -0.4 is 5.32 Å². The number of nitrogens with one attached hydrogen (secondary N) is 1. The maximum atomic E-state index is 13.5. The summed E-state index contributed by atoms with van der Waals surface area (Å²) in [5.41, 5.74) is 1.23. The van der Waals surface area contributed by atoms with E-state index in [4.69, 9.17) is 0 Å². The molecule has 102 valence electrons. The second kappa shape index (κ2) is 6.67. The van der Waals surface area contributed by atoms with Gasteiger partial charge < -0.3 is 5.32 Å². The summed E-state index contributed by atoms with van der Waals surface area (Å²) in [6, 6.07) is 5.60. The lowest BCUT2D eigenvalue weighted by Gasteiger charge is -2.34. The molecule has 18 heavy (non-hydrogen) atoms. The Morgan fingerprint density at radius 3 is 2.56 bits per heavy atom. The van der Waals surface area contributed by atoms with E-state index in [0.29, 0.717) is 10.5 Å². The van der Waals surface area contributed by atoms with Crippen molar-refractivity contribution in [3.8, 4) is 0 Å². The van der Waals surface area contributed by atoms with Gasteiger partial charge in [-0.25, -0.2) is 4.39 Å². The molecule has 0 saturated heterocycles. The van der Waals surface area contributed by atoms with Gasteiger partial charge in [-0.2, -0.15) is 0 Å². The second-order valence-corrected chi connectivity index (χ2v) is 6.16. The number of benzene rings is 1. The molecule has 0 aromatic heterocycles. The minimum absolute atomic E-state index is 0.183. The first kappa shape index (κ1) is 15.6. The van der Waals surface area contributed by atoms with E-state index in [1.165, 1.54) is 6.07 Å². The van der Waals surface area contributed by atoms with E-state index in [1.807, 2.05) is 6.07 Å². The smallest absolute Gasteiger partial charge is 0.137 e. The van der Waals surface area contributed by atoms with Gasteiger partial charge in [-0.05, 0) is 52.4 Å². The molecular weight excluding hydrogens is 293 g/mol. The number of halogens is 2. The summed E-state index contributed by atoms with van der Waals surface area (Å²) in [4.78, 5) is 0. The molecule has 0 heterocycles. The molecule has 1 rings (SSSR count). The molecule has 1 N–H and O–H groups in total. The third-order valence-corrected chi connectivity index (χ3v) is 4.65. The van der Waals surface area contributed by atoms with Crippen LogP contribution in [0.15, 0.2) is 22.7 Å². The Bertz CT molecular complexity index is 390. The van der Waals surface area contributed by atoms with Crippen LogP contribution in [0.4, 0.5) is 4.39 Å². The fraction of sp³-hybridized carbons (Fsp3) is 0.600. The van der Waals surface area contributed by atoms with Gasteiger partial charge in [0, 0.05) is 6.04 Å². The topological polar surface area (TPSA) is 12.0 Å². The Hall–Kier alpha value is -0.410. The Balaban J connectivity index is 2.93. The van der Waals surface area contributed by atoms with Crippen LogP contribution >= 0.6 is 15.9 Å². The monoisotopic (exact) mass is 315 g/mol. The summed E-state index contributed by atoms with van der Waals surface area (Å²) < 4.78 is 14.1. The first-order chi connectivity index (χ1) is 8.42. The van der Waals surface area contributed by atoms with Gasteiger partial charge in [-0.1, -0.05) is 39.8 Å². The third-order valence-electron chi connectivity index (χ3n) is 3.76. The van der Waals surface area contributed by atoms with Crippen molar-refractivity contribution in [2.45, 2.75) is 46.6 Å². The van der Waals surface area contributed by atoms with E-state index in [0.717, 1.165) is 24.9 Å². The minimum Gasteiger partial charge on any atom is -0.313 e. The van der Waals surface area contributed by atoms with Crippen molar-refractivity contribution >= 4 is 15.9 Å². The highest BCUT2D eigenvalue weighted by Crippen LogP contribution is 2.30. The average molecular weight is 316 g/mol. The Morgan fingerprint density at radius 1 is 1.33 bits per heavy atom. The highest BCUT2D eigenvalue weighted by Gasteiger charge is 2.27. The minimum atomic E-state index is -0.183. The summed E-state index contributed by atoms with van der Waals surface area (Å²) >= 11 is 3.35. The van der Waals surface area contributed by atoms with Crippen LogP contribution in [0.1, 0.15) is 39.7 Å². The fourth-order valence-electron chi connectivity index (χ4n) is 2.04. The van der Waals surface area contributed by atoms with E-state index in [9.17, 15) is 4.39 Å². The van der Waals surface area contributed by atoms with Crippen LogP contribution in [0.5, 0.6) is 0 Å². The molecule has 0 amide bonds. The second-order valence-electron chi connectivity index (χ2n) is 5.37. The quantitative estimate of drug-likeness (QED) is 0.812. The third kappa shape index (κ3) is 3.79. The summed E-state index contributed by atoms with van der Waals surface area (Å²) in [7, 11) is 0. The highest BCUT2D eigenvalue weighted by atomic mass is 79.9. The molecule has 0 aliphatic rings. The van der Waals surface area contributed by atoms with Crippen molar-refractivity contribution in [1.29, 1.82) is 0 Å². The van der Waals surface area contributed by atoms with Crippen LogP contribution in [-0.4, -0.2) is 12.6 Å². The van der Waals surface area contributed by atoms with E-state index in [2.05, 4.69) is 48.9 Å². The molecule has 1 unspecified atom stereocenters. The van der Waals surface area contributed by atoms with Gasteiger partial charge in [0.25, 0.3) is 0 Å². The van der Waals surface area contributed by atoms with Gasteiger partial charge in [0.15, 0.2) is 0 Å². The fourth-order valence-corrected chi connectivity index (χ4v) is 2.47. The maximum absolute atomic E-state index is 13.5. The predicted octanol–water partition coefficient (Wildman–Crippen LogP) is 4.55. The van der Waals surface area contributed by atoms with E-state index >= 15 is 0 Å². The maximum Gasteiger partial charge on any atom is 0.137 e. The molecule has 3 heteroatoms. The summed E-state index contributed by atoms with van der Waals surface area (Å²) in [6.45, 7) is 9.76. The number of rotatable bonds is 6. The zero-order valence-electron chi connectivity index (χ0n) is 11.7. The number of hydrogen-bond donors (Lipinski definition) is 1. The van der Waals surface area contributed by atoms with Crippen molar-refractivity contribution in [1.82, 2.24) is 5.32 Å². The zero-order chi connectivity index (χ0) is 13.8. The lowest BCUT2D eigenvalue weighted by Crippen LogP contribution is -2.43. The van der Waals surface area contributed by atoms with Gasteiger partial charge in [0.05, 0.1) is 4.47 Å². The first-order valence-corrected chi connectivity index (χ1v) is 7.38. The Kier molecular flexibility index (Phi) is 5.80. The lowest BCUT2D eigenvalue weighted by atomic mass is 9.79. The summed E-state index contributed by atoms with van der Waals surface area (Å²) in [6.07, 6.45) is 1.94. The summed E-state index contributed by atoms with van der Waals surface area (Å²) in [5, 5.41) is 3.53. The lowest BCUT2D eigenvalue weighted by molar-refractivity contribution is 0.232. The molecule has 0 saturated carbocycles. The largest absolute Gasteiger partial charge is 0.313 e. The number of likely N-dealkylation sites (N-methyl/N-ethyl adjacent to an activating group) is 1. The van der Waals surface area contributed by atoms with E-state index < -0.39 is 0 Å². The van der Waals surface area contributed by atoms with Crippen molar-refractivity contribution in [2.24, 2.45) is 5.41 Å². The van der Waals surface area contributed by atoms with Gasteiger partial charge in [-0.15, -0.1) is 0 Å². The Morgan fingerprint density at radius 2 is 2.00 bits per heavy atom. The van der Waals surface area contributed by atoms with Crippen LogP contribution in [0, 0.1) is 11.2 Å². The molecule has 1 nitrogen and oxygen atoms in total. The molecule has 0 aliphatic heterocycles. The molecule has 1 aromatic carbocycles.